The third-order valence-corrected chi connectivity index (χ3v) is 10.3. The van der Waals surface area contributed by atoms with Gasteiger partial charge in [0, 0.05) is 4.70 Å². The molecule has 4 aromatic rings. The van der Waals surface area contributed by atoms with Gasteiger partial charge in [0.25, 0.3) is 19.9 Å². The quantitative estimate of drug-likeness (QED) is 0.311. The van der Waals surface area contributed by atoms with Gasteiger partial charge in [-0.15, -0.1) is 11.3 Å². The number of aromatic carboxylic acids is 1. The van der Waals surface area contributed by atoms with E-state index >= 15 is 0 Å². The van der Waals surface area contributed by atoms with Crippen molar-refractivity contribution < 1.29 is 39.9 Å². The minimum absolute atomic E-state index is 0.106. The Bertz CT molecular complexity index is 1690. The first-order chi connectivity index (χ1) is 17.2. The number of rotatable bonds is 7. The molecule has 0 saturated heterocycles. The number of anilines is 1. The van der Waals surface area contributed by atoms with Gasteiger partial charge in [0.1, 0.15) is 5.00 Å². The summed E-state index contributed by atoms with van der Waals surface area (Å²) in [6.45, 7) is 1.42. The molecule has 0 radical (unpaired) electrons. The third-order valence-electron chi connectivity index (χ3n) is 5.60. The van der Waals surface area contributed by atoms with Gasteiger partial charge in [-0.3, -0.25) is 4.31 Å². The number of hydrogen-bond acceptors (Lipinski definition) is 6. The predicted octanol–water partition coefficient (Wildman–Crippen LogP) is 5.60. The van der Waals surface area contributed by atoms with Crippen molar-refractivity contribution in [3.05, 3.63) is 89.5 Å². The van der Waals surface area contributed by atoms with Gasteiger partial charge in [0.05, 0.1) is 21.9 Å². The molecule has 0 saturated carbocycles. The Morgan fingerprint density at radius 1 is 0.892 bits per heavy atom. The number of sulfone groups is 1. The fourth-order valence-electron chi connectivity index (χ4n) is 3.64. The fourth-order valence-corrected chi connectivity index (χ4v) is 7.33. The summed E-state index contributed by atoms with van der Waals surface area (Å²) in [6, 6.07) is 15.7. The average molecular weight is 570 g/mol. The molecule has 0 spiro atoms. The van der Waals surface area contributed by atoms with Crippen molar-refractivity contribution in [3.63, 3.8) is 0 Å². The molecule has 0 atom stereocenters. The molecule has 0 unspecified atom stereocenters. The van der Waals surface area contributed by atoms with Crippen LogP contribution in [0, 0.1) is 6.92 Å². The Balaban J connectivity index is 1.81. The molecular formula is C24H18F3NO6S3. The van der Waals surface area contributed by atoms with Crippen LogP contribution in [0.3, 0.4) is 0 Å². The van der Waals surface area contributed by atoms with Gasteiger partial charge in [0.2, 0.25) is 0 Å². The monoisotopic (exact) mass is 569 g/mol. The van der Waals surface area contributed by atoms with E-state index in [1.807, 2.05) is 12.1 Å². The highest BCUT2D eigenvalue weighted by molar-refractivity contribution is 7.93. The predicted molar refractivity (Wildman–Crippen MR) is 133 cm³/mol. The summed E-state index contributed by atoms with van der Waals surface area (Å²) in [5.41, 5.74) is -4.68. The number of sulfonamides is 1. The molecule has 37 heavy (non-hydrogen) atoms. The van der Waals surface area contributed by atoms with E-state index in [9.17, 15) is 34.8 Å². The van der Waals surface area contributed by atoms with Crippen molar-refractivity contribution in [3.8, 4) is 0 Å². The molecule has 0 aliphatic rings. The molecule has 1 N–H and O–H groups in total. The second-order valence-corrected chi connectivity index (χ2v) is 12.8. The van der Waals surface area contributed by atoms with Crippen LogP contribution in [0.15, 0.2) is 82.6 Å². The van der Waals surface area contributed by atoms with Crippen molar-refractivity contribution in [2.24, 2.45) is 0 Å². The largest absolute Gasteiger partial charge is 0.501 e. The minimum Gasteiger partial charge on any atom is -0.478 e. The molecule has 0 aliphatic carbocycles. The zero-order chi connectivity index (χ0) is 27.2. The van der Waals surface area contributed by atoms with E-state index in [2.05, 4.69) is 0 Å². The second kappa shape index (κ2) is 9.47. The molecule has 3 aromatic carbocycles. The molecule has 7 nitrogen and oxygen atoms in total. The zero-order valence-corrected chi connectivity index (χ0v) is 21.4. The number of halogens is 3. The average Bonchev–Trinajstić information content (AvgIpc) is 3.18. The maximum atomic E-state index is 13.7. The Morgan fingerprint density at radius 2 is 1.46 bits per heavy atom. The summed E-state index contributed by atoms with van der Waals surface area (Å²) < 4.78 is 91.5. The van der Waals surface area contributed by atoms with Gasteiger partial charge in [-0.2, -0.15) is 13.2 Å². The van der Waals surface area contributed by atoms with Crippen LogP contribution in [0.2, 0.25) is 0 Å². The lowest BCUT2D eigenvalue weighted by Crippen LogP contribution is -2.30. The molecule has 0 amide bonds. The van der Waals surface area contributed by atoms with Gasteiger partial charge in [-0.05, 0) is 65.9 Å². The summed E-state index contributed by atoms with van der Waals surface area (Å²) in [5.74, 6) is -1.23. The number of hydrogen-bond donors (Lipinski definition) is 1. The fraction of sp³-hybridized carbons (Fsp3) is 0.125. The number of aryl methyl sites for hydroxylation is 1. The number of thiophene rings is 1. The van der Waals surface area contributed by atoms with E-state index in [0.717, 1.165) is 62.9 Å². The molecule has 13 heteroatoms. The van der Waals surface area contributed by atoms with Crippen molar-refractivity contribution >= 4 is 52.3 Å². The van der Waals surface area contributed by atoms with Crippen molar-refractivity contribution in [1.29, 1.82) is 0 Å². The van der Waals surface area contributed by atoms with Gasteiger partial charge in [0.15, 0.2) is 0 Å². The number of nitrogens with zero attached hydrogens (tertiary/aromatic N) is 1. The highest BCUT2D eigenvalue weighted by atomic mass is 32.2. The molecule has 194 valence electrons. The summed E-state index contributed by atoms with van der Waals surface area (Å²) in [6.07, 6.45) is 0. The van der Waals surface area contributed by atoms with Crippen LogP contribution in [0.25, 0.3) is 10.1 Å². The van der Waals surface area contributed by atoms with Crippen LogP contribution in [-0.2, 0) is 26.4 Å². The Morgan fingerprint density at radius 3 is 2.00 bits per heavy atom. The van der Waals surface area contributed by atoms with Crippen molar-refractivity contribution in [2.75, 3.05) is 4.31 Å². The van der Waals surface area contributed by atoms with E-state index in [-0.39, 0.29) is 22.6 Å². The first-order valence-electron chi connectivity index (χ1n) is 10.5. The Labute approximate surface area is 214 Å². The van der Waals surface area contributed by atoms with Gasteiger partial charge in [-0.1, -0.05) is 30.3 Å². The standard InChI is InChI=1S/C24H18F3NO6S3/c1-15-20-4-2-3-5-21(20)35-22(15)28(37(33,34)19-12-8-17(9-13-19)23(29)30)14-16-6-10-18(11-7-16)36(31,32)24(25,26)27/h2-13H,14H2,1H3,(H,29,30). The molecule has 1 aromatic heterocycles. The van der Waals surface area contributed by atoms with Crippen LogP contribution in [0.5, 0.6) is 0 Å². The summed E-state index contributed by atoms with van der Waals surface area (Å²) in [5, 5.41) is 10.3. The molecule has 4 rings (SSSR count). The van der Waals surface area contributed by atoms with E-state index < -0.39 is 36.2 Å². The number of carbonyl (C=O) groups is 1. The van der Waals surface area contributed by atoms with Crippen molar-refractivity contribution in [2.45, 2.75) is 28.8 Å². The maximum absolute atomic E-state index is 13.7. The smallest absolute Gasteiger partial charge is 0.478 e. The zero-order valence-electron chi connectivity index (χ0n) is 18.9. The van der Waals surface area contributed by atoms with E-state index in [1.165, 1.54) is 11.3 Å². The van der Waals surface area contributed by atoms with Gasteiger partial charge < -0.3 is 5.11 Å². The van der Waals surface area contributed by atoms with Crippen LogP contribution in [0.1, 0.15) is 21.5 Å². The SMILES string of the molecule is Cc1c(N(Cc2ccc(S(=O)(=O)C(F)(F)F)cc2)S(=O)(=O)c2ccc(C(=O)O)cc2)sc2ccccc12. The second-order valence-electron chi connectivity index (χ2n) is 7.96. The summed E-state index contributed by atoms with van der Waals surface area (Å²) in [7, 11) is -9.83. The van der Waals surface area contributed by atoms with E-state index in [4.69, 9.17) is 5.11 Å². The normalized spacial score (nSPS) is 12.5. The van der Waals surface area contributed by atoms with Crippen molar-refractivity contribution in [1.82, 2.24) is 0 Å². The first kappa shape index (κ1) is 26.6. The lowest BCUT2D eigenvalue weighted by molar-refractivity contribution is -0.0436. The third kappa shape index (κ3) is 4.93. The lowest BCUT2D eigenvalue weighted by atomic mass is 10.2. The number of carboxylic acids is 1. The number of alkyl halides is 3. The molecule has 1 heterocycles. The van der Waals surface area contributed by atoms with Gasteiger partial charge in [-0.25, -0.2) is 21.6 Å². The van der Waals surface area contributed by atoms with Gasteiger partial charge >= 0.3 is 11.5 Å². The number of carboxylic acid groups (broad SMARTS) is 1. The van der Waals surface area contributed by atoms with E-state index in [0.29, 0.717) is 10.6 Å². The van der Waals surface area contributed by atoms with E-state index in [1.54, 1.807) is 19.1 Å². The Hall–Kier alpha value is -3.42. The minimum atomic E-state index is -5.56. The topological polar surface area (TPSA) is 109 Å². The molecule has 0 bridgehead atoms. The number of benzene rings is 3. The van der Waals surface area contributed by atoms with Crippen LogP contribution in [0.4, 0.5) is 18.2 Å². The highest BCUT2D eigenvalue weighted by Crippen LogP contribution is 2.41. The summed E-state index contributed by atoms with van der Waals surface area (Å²) in [4.78, 5) is 10.0. The first-order valence-corrected chi connectivity index (χ1v) is 14.2. The number of fused-ring (bicyclic) bond motifs is 1. The van der Waals surface area contributed by atoms with Crippen LogP contribution in [-0.4, -0.2) is 33.4 Å². The van der Waals surface area contributed by atoms with Crippen LogP contribution < -0.4 is 4.31 Å². The Kier molecular flexibility index (Phi) is 6.82. The highest BCUT2D eigenvalue weighted by Gasteiger charge is 2.46. The van der Waals surface area contributed by atoms with Crippen LogP contribution >= 0.6 is 11.3 Å². The molecular weight excluding hydrogens is 551 g/mol. The lowest BCUT2D eigenvalue weighted by Gasteiger charge is -2.24. The maximum Gasteiger partial charge on any atom is 0.501 e. The summed E-state index contributed by atoms with van der Waals surface area (Å²) >= 11 is 1.20. The molecule has 0 aliphatic heterocycles. The molecule has 0 fully saturated rings.